The Morgan fingerprint density at radius 2 is 1.89 bits per heavy atom. The summed E-state index contributed by atoms with van der Waals surface area (Å²) >= 11 is 0. The number of ether oxygens (including phenoxy) is 1. The first-order valence-corrected chi connectivity index (χ1v) is 9.96. The number of anilines is 2. The maximum Gasteiger partial charge on any atom is 0.247 e. The lowest BCUT2D eigenvalue weighted by molar-refractivity contribution is -0.116. The number of carbonyl (C=O) groups is 1. The first-order chi connectivity index (χ1) is 12.6. The fraction of sp³-hybridized carbons (Fsp3) is 0.278. The van der Waals surface area contributed by atoms with Gasteiger partial charge in [0.1, 0.15) is 11.8 Å². The molecule has 1 N–H and O–H groups in total. The van der Waals surface area contributed by atoms with Gasteiger partial charge in [0.15, 0.2) is 11.6 Å². The Bertz CT molecular complexity index is 935. The molecule has 1 amide bonds. The Balaban J connectivity index is 2.29. The van der Waals surface area contributed by atoms with E-state index in [1.807, 2.05) is 6.92 Å². The van der Waals surface area contributed by atoms with Crippen LogP contribution in [0.4, 0.5) is 20.2 Å². The molecule has 9 heteroatoms. The standard InChI is InChI=1S/C18H20F2N2O4S/c1-4-26-15-7-5-6-13(10-15)21-18(23)12(2)22(27(3,24)25)14-8-9-16(19)17(20)11-14/h5-12H,4H2,1-3H3,(H,21,23)/t12-/m1/s1. The molecule has 0 fully saturated rings. The summed E-state index contributed by atoms with van der Waals surface area (Å²) in [5.74, 6) is -2.42. The Morgan fingerprint density at radius 1 is 1.19 bits per heavy atom. The lowest BCUT2D eigenvalue weighted by atomic mass is 10.2. The third-order valence-electron chi connectivity index (χ3n) is 3.66. The maximum atomic E-state index is 13.5. The van der Waals surface area contributed by atoms with Crippen molar-refractivity contribution in [1.29, 1.82) is 0 Å². The average molecular weight is 398 g/mol. The van der Waals surface area contributed by atoms with E-state index in [0.29, 0.717) is 18.0 Å². The van der Waals surface area contributed by atoms with Crippen LogP contribution in [0.1, 0.15) is 13.8 Å². The Labute approximate surface area is 156 Å². The number of hydrogen-bond acceptors (Lipinski definition) is 4. The molecule has 6 nitrogen and oxygen atoms in total. The van der Waals surface area contributed by atoms with Crippen molar-refractivity contribution in [3.05, 3.63) is 54.1 Å². The molecule has 0 heterocycles. The topological polar surface area (TPSA) is 75.7 Å². The first-order valence-electron chi connectivity index (χ1n) is 8.11. The van der Waals surface area contributed by atoms with E-state index in [0.717, 1.165) is 28.8 Å². The fourth-order valence-electron chi connectivity index (χ4n) is 2.51. The van der Waals surface area contributed by atoms with Crippen molar-refractivity contribution in [2.75, 3.05) is 22.5 Å². The number of hydrogen-bond donors (Lipinski definition) is 1. The minimum atomic E-state index is -3.94. The van der Waals surface area contributed by atoms with Crippen LogP contribution in [0.2, 0.25) is 0 Å². The van der Waals surface area contributed by atoms with Gasteiger partial charge >= 0.3 is 0 Å². The maximum absolute atomic E-state index is 13.5. The molecule has 0 radical (unpaired) electrons. The number of nitrogens with one attached hydrogen (secondary N) is 1. The minimum Gasteiger partial charge on any atom is -0.494 e. The number of sulfonamides is 1. The molecule has 0 aliphatic heterocycles. The van der Waals surface area contributed by atoms with Crippen molar-refractivity contribution >= 4 is 27.3 Å². The normalized spacial score (nSPS) is 12.3. The van der Waals surface area contributed by atoms with Gasteiger partial charge in [-0.3, -0.25) is 9.10 Å². The summed E-state index contributed by atoms with van der Waals surface area (Å²) in [5.41, 5.74) is 0.263. The van der Waals surface area contributed by atoms with Crippen LogP contribution >= 0.6 is 0 Å². The van der Waals surface area contributed by atoms with Gasteiger partial charge in [-0.05, 0) is 38.1 Å². The Hall–Kier alpha value is -2.68. The second kappa shape index (κ2) is 8.34. The van der Waals surface area contributed by atoms with Gasteiger partial charge in [0.2, 0.25) is 15.9 Å². The van der Waals surface area contributed by atoms with Crippen molar-refractivity contribution in [1.82, 2.24) is 0 Å². The van der Waals surface area contributed by atoms with Crippen LogP contribution in [-0.2, 0) is 14.8 Å². The van der Waals surface area contributed by atoms with E-state index in [4.69, 9.17) is 4.74 Å². The highest BCUT2D eigenvalue weighted by atomic mass is 32.2. The van der Waals surface area contributed by atoms with E-state index in [1.165, 1.54) is 6.92 Å². The summed E-state index contributed by atoms with van der Waals surface area (Å²) in [6.45, 7) is 3.62. The molecule has 0 unspecified atom stereocenters. The molecule has 2 aromatic rings. The molecule has 2 rings (SSSR count). The van der Waals surface area contributed by atoms with Crippen LogP contribution in [0.15, 0.2) is 42.5 Å². The van der Waals surface area contributed by atoms with E-state index in [1.54, 1.807) is 24.3 Å². The van der Waals surface area contributed by atoms with E-state index < -0.39 is 33.6 Å². The minimum absolute atomic E-state index is 0.151. The monoisotopic (exact) mass is 398 g/mol. The van der Waals surface area contributed by atoms with Crippen molar-refractivity contribution in [3.8, 4) is 5.75 Å². The van der Waals surface area contributed by atoms with Gasteiger partial charge in [0, 0.05) is 17.8 Å². The van der Waals surface area contributed by atoms with E-state index in [-0.39, 0.29) is 5.69 Å². The van der Waals surface area contributed by atoms with Gasteiger partial charge in [-0.2, -0.15) is 0 Å². The number of nitrogens with zero attached hydrogens (tertiary/aromatic N) is 1. The van der Waals surface area contributed by atoms with Crippen LogP contribution in [0.3, 0.4) is 0 Å². The molecule has 2 aromatic carbocycles. The Morgan fingerprint density at radius 3 is 2.48 bits per heavy atom. The third kappa shape index (κ3) is 5.16. The van der Waals surface area contributed by atoms with E-state index in [9.17, 15) is 22.0 Å². The predicted octanol–water partition coefficient (Wildman–Crippen LogP) is 3.16. The molecule has 0 aromatic heterocycles. The van der Waals surface area contributed by atoms with Crippen LogP contribution in [-0.4, -0.2) is 33.2 Å². The summed E-state index contributed by atoms with van der Waals surface area (Å²) < 4.78 is 57.2. The van der Waals surface area contributed by atoms with Gasteiger partial charge in [-0.1, -0.05) is 6.07 Å². The van der Waals surface area contributed by atoms with Crippen LogP contribution < -0.4 is 14.4 Å². The van der Waals surface area contributed by atoms with Crippen molar-refractivity contribution in [3.63, 3.8) is 0 Å². The van der Waals surface area contributed by atoms with E-state index >= 15 is 0 Å². The van der Waals surface area contributed by atoms with Crippen LogP contribution in [0, 0.1) is 11.6 Å². The molecule has 0 aliphatic rings. The number of halogens is 2. The van der Waals surface area contributed by atoms with Gasteiger partial charge in [0.05, 0.1) is 18.6 Å². The highest BCUT2D eigenvalue weighted by Gasteiger charge is 2.29. The number of rotatable bonds is 7. The molecule has 0 saturated heterocycles. The van der Waals surface area contributed by atoms with Gasteiger partial charge < -0.3 is 10.1 Å². The molecule has 27 heavy (non-hydrogen) atoms. The molecule has 0 spiro atoms. The Kier molecular flexibility index (Phi) is 6.37. The summed E-state index contributed by atoms with van der Waals surface area (Å²) in [5, 5.41) is 2.60. The molecular formula is C18H20F2N2O4S. The smallest absolute Gasteiger partial charge is 0.247 e. The lowest BCUT2D eigenvalue weighted by Crippen LogP contribution is -2.45. The number of benzene rings is 2. The lowest BCUT2D eigenvalue weighted by Gasteiger charge is -2.28. The first kappa shape index (κ1) is 20.6. The fourth-order valence-corrected chi connectivity index (χ4v) is 3.67. The molecular weight excluding hydrogens is 378 g/mol. The van der Waals surface area contributed by atoms with Crippen molar-refractivity contribution in [2.24, 2.45) is 0 Å². The van der Waals surface area contributed by atoms with Crippen LogP contribution in [0.25, 0.3) is 0 Å². The van der Waals surface area contributed by atoms with Gasteiger partial charge in [0.25, 0.3) is 0 Å². The number of carbonyl (C=O) groups excluding carboxylic acids is 1. The zero-order valence-electron chi connectivity index (χ0n) is 15.1. The summed E-state index contributed by atoms with van der Waals surface area (Å²) in [7, 11) is -3.94. The summed E-state index contributed by atoms with van der Waals surface area (Å²) in [6, 6.07) is 8.03. The van der Waals surface area contributed by atoms with Crippen molar-refractivity contribution < 1.29 is 26.7 Å². The van der Waals surface area contributed by atoms with E-state index in [2.05, 4.69) is 5.32 Å². The highest BCUT2D eigenvalue weighted by Crippen LogP contribution is 2.24. The quantitative estimate of drug-likeness (QED) is 0.777. The average Bonchev–Trinajstić information content (AvgIpc) is 2.57. The summed E-state index contributed by atoms with van der Waals surface area (Å²) in [6.07, 6.45) is 0.883. The molecule has 0 saturated carbocycles. The van der Waals surface area contributed by atoms with Gasteiger partial charge in [-0.25, -0.2) is 17.2 Å². The molecule has 1 atom stereocenters. The van der Waals surface area contributed by atoms with Gasteiger partial charge in [-0.15, -0.1) is 0 Å². The van der Waals surface area contributed by atoms with Crippen molar-refractivity contribution in [2.45, 2.75) is 19.9 Å². The second-order valence-corrected chi connectivity index (χ2v) is 7.64. The predicted molar refractivity (Wildman–Crippen MR) is 99.4 cm³/mol. The largest absolute Gasteiger partial charge is 0.494 e. The second-order valence-electron chi connectivity index (χ2n) is 5.78. The summed E-state index contributed by atoms with van der Waals surface area (Å²) in [4.78, 5) is 12.6. The number of amides is 1. The third-order valence-corrected chi connectivity index (χ3v) is 4.90. The molecule has 0 bridgehead atoms. The molecule has 146 valence electrons. The van der Waals surface area contributed by atoms with Crippen LogP contribution in [0.5, 0.6) is 5.75 Å². The SMILES string of the molecule is CCOc1cccc(NC(=O)[C@@H](C)N(c2ccc(F)c(F)c2)S(C)(=O)=O)c1. The zero-order chi connectivity index (χ0) is 20.2. The zero-order valence-corrected chi connectivity index (χ0v) is 15.9. The highest BCUT2D eigenvalue weighted by molar-refractivity contribution is 7.92. The molecule has 0 aliphatic carbocycles.